The maximum Gasteiger partial charge on any atom is 0.300 e. The molecule has 1 atom stereocenters. The lowest BCUT2D eigenvalue weighted by atomic mass is 9.96. The second kappa shape index (κ2) is 7.12. The molecule has 0 radical (unpaired) electrons. The molecule has 2 rings (SSSR count). The predicted octanol–water partition coefficient (Wildman–Crippen LogP) is 2.68. The van der Waals surface area contributed by atoms with E-state index in [1.807, 2.05) is 18.2 Å². The van der Waals surface area contributed by atoms with Gasteiger partial charge in [-0.05, 0) is 56.8 Å². The van der Waals surface area contributed by atoms with Gasteiger partial charge in [0.25, 0.3) is 5.91 Å². The molecule has 0 bridgehead atoms. The lowest BCUT2D eigenvalue weighted by Gasteiger charge is -2.32. The zero-order valence-corrected chi connectivity index (χ0v) is 12.1. The summed E-state index contributed by atoms with van der Waals surface area (Å²) in [5, 5.41) is 2.77. The summed E-state index contributed by atoms with van der Waals surface area (Å²) in [5.41, 5.74) is 2.00. The van der Waals surface area contributed by atoms with Gasteiger partial charge in [-0.2, -0.15) is 0 Å². The summed E-state index contributed by atoms with van der Waals surface area (Å²) in [7, 11) is 2.20. The fourth-order valence-corrected chi connectivity index (χ4v) is 2.85. The molecule has 3 nitrogen and oxygen atoms in total. The van der Waals surface area contributed by atoms with Gasteiger partial charge in [0.05, 0.1) is 0 Å². The van der Waals surface area contributed by atoms with Crippen molar-refractivity contribution in [2.24, 2.45) is 0 Å². The highest BCUT2D eigenvalue weighted by Crippen LogP contribution is 2.22. The summed E-state index contributed by atoms with van der Waals surface area (Å²) in [6, 6.07) is 8.55. The number of amides is 1. The number of anilines is 1. The Kier molecular flexibility index (Phi) is 5.20. The minimum Gasteiger partial charge on any atom is -0.315 e. The Balaban J connectivity index is 1.98. The van der Waals surface area contributed by atoms with Gasteiger partial charge in [0, 0.05) is 11.7 Å². The molecule has 1 fully saturated rings. The molecule has 3 heteroatoms. The van der Waals surface area contributed by atoms with Crippen molar-refractivity contribution in [3.05, 3.63) is 29.8 Å². The zero-order valence-electron chi connectivity index (χ0n) is 12.1. The van der Waals surface area contributed by atoms with Crippen molar-refractivity contribution in [2.45, 2.75) is 38.1 Å². The van der Waals surface area contributed by atoms with Crippen molar-refractivity contribution in [2.75, 3.05) is 18.9 Å². The van der Waals surface area contributed by atoms with E-state index in [0.717, 1.165) is 24.1 Å². The van der Waals surface area contributed by atoms with E-state index >= 15 is 0 Å². The van der Waals surface area contributed by atoms with Crippen LogP contribution in [-0.4, -0.2) is 30.4 Å². The Hall–Kier alpha value is -1.79. The van der Waals surface area contributed by atoms with Gasteiger partial charge >= 0.3 is 0 Å². The molecule has 1 saturated heterocycles. The molecule has 1 aromatic rings. The molecule has 1 heterocycles. The number of para-hydroxylation sites is 1. The molecule has 106 valence electrons. The SMILES string of the molecule is C#CC(=O)Nc1ccccc1CCC1CCCCN1C. The van der Waals surface area contributed by atoms with Crippen LogP contribution in [0.5, 0.6) is 0 Å². The normalized spacial score (nSPS) is 19.3. The predicted molar refractivity (Wildman–Crippen MR) is 82.5 cm³/mol. The van der Waals surface area contributed by atoms with E-state index in [1.165, 1.54) is 25.8 Å². The van der Waals surface area contributed by atoms with E-state index in [4.69, 9.17) is 6.42 Å². The van der Waals surface area contributed by atoms with Gasteiger partial charge in [0.1, 0.15) is 0 Å². The highest BCUT2D eigenvalue weighted by atomic mass is 16.1. The Morgan fingerprint density at radius 3 is 3.00 bits per heavy atom. The number of nitrogens with zero attached hydrogens (tertiary/aromatic N) is 1. The fraction of sp³-hybridized carbons (Fsp3) is 0.471. The molecule has 1 amide bonds. The third-order valence-corrected chi connectivity index (χ3v) is 4.07. The molecule has 1 unspecified atom stereocenters. The average Bonchev–Trinajstić information content (AvgIpc) is 2.47. The number of piperidine rings is 1. The van der Waals surface area contributed by atoms with Crippen LogP contribution in [0, 0.1) is 12.3 Å². The number of carbonyl (C=O) groups is 1. The molecule has 0 spiro atoms. The van der Waals surface area contributed by atoms with Gasteiger partial charge in [-0.15, -0.1) is 6.42 Å². The molecule has 1 aliphatic rings. The number of aryl methyl sites for hydroxylation is 1. The van der Waals surface area contributed by atoms with Crippen molar-refractivity contribution in [3.63, 3.8) is 0 Å². The van der Waals surface area contributed by atoms with Crippen LogP contribution in [0.1, 0.15) is 31.2 Å². The van der Waals surface area contributed by atoms with Crippen molar-refractivity contribution in [3.8, 4) is 12.3 Å². The second-order valence-corrected chi connectivity index (χ2v) is 5.42. The Labute approximate surface area is 121 Å². The largest absolute Gasteiger partial charge is 0.315 e. The molecule has 20 heavy (non-hydrogen) atoms. The van der Waals surface area contributed by atoms with Crippen molar-refractivity contribution in [1.29, 1.82) is 0 Å². The summed E-state index contributed by atoms with van der Waals surface area (Å²) in [4.78, 5) is 13.8. The van der Waals surface area contributed by atoms with Crippen LogP contribution in [0.25, 0.3) is 0 Å². The van der Waals surface area contributed by atoms with Crippen LogP contribution in [-0.2, 0) is 11.2 Å². The Morgan fingerprint density at radius 2 is 2.25 bits per heavy atom. The highest BCUT2D eigenvalue weighted by molar-refractivity contribution is 6.03. The summed E-state index contributed by atoms with van der Waals surface area (Å²) in [5.74, 6) is 1.71. The number of likely N-dealkylation sites (tertiary alicyclic amines) is 1. The molecule has 1 N–H and O–H groups in total. The first kappa shape index (κ1) is 14.6. The fourth-order valence-electron chi connectivity index (χ4n) is 2.85. The Morgan fingerprint density at radius 1 is 1.45 bits per heavy atom. The molecule has 1 aliphatic heterocycles. The van der Waals surface area contributed by atoms with Gasteiger partial charge in [0.15, 0.2) is 0 Å². The zero-order chi connectivity index (χ0) is 14.4. The van der Waals surface area contributed by atoms with Gasteiger partial charge in [-0.1, -0.05) is 24.6 Å². The minimum absolute atomic E-state index is 0.382. The Bertz CT molecular complexity index is 504. The maximum absolute atomic E-state index is 11.3. The molecular formula is C17H22N2O. The molecule has 0 aromatic heterocycles. The topological polar surface area (TPSA) is 32.3 Å². The minimum atomic E-state index is -0.382. The summed E-state index contributed by atoms with van der Waals surface area (Å²) >= 11 is 0. The molecule has 1 aromatic carbocycles. The molecular weight excluding hydrogens is 248 g/mol. The lowest BCUT2D eigenvalue weighted by molar-refractivity contribution is -0.111. The molecule has 0 aliphatic carbocycles. The maximum atomic E-state index is 11.3. The van der Waals surface area contributed by atoms with Crippen LogP contribution in [0.15, 0.2) is 24.3 Å². The summed E-state index contributed by atoms with van der Waals surface area (Å²) < 4.78 is 0. The van der Waals surface area contributed by atoms with Gasteiger partial charge in [0.2, 0.25) is 0 Å². The van der Waals surface area contributed by atoms with E-state index in [2.05, 4.69) is 29.3 Å². The van der Waals surface area contributed by atoms with Crippen molar-refractivity contribution in [1.82, 2.24) is 4.90 Å². The first-order valence-corrected chi connectivity index (χ1v) is 7.26. The van der Waals surface area contributed by atoms with Crippen LogP contribution in [0.3, 0.4) is 0 Å². The molecule has 0 saturated carbocycles. The van der Waals surface area contributed by atoms with E-state index < -0.39 is 0 Å². The second-order valence-electron chi connectivity index (χ2n) is 5.42. The van der Waals surface area contributed by atoms with Gasteiger partial charge < -0.3 is 10.2 Å². The third-order valence-electron chi connectivity index (χ3n) is 4.07. The van der Waals surface area contributed by atoms with Crippen LogP contribution < -0.4 is 5.32 Å². The average molecular weight is 270 g/mol. The summed E-state index contributed by atoms with van der Waals surface area (Å²) in [6.45, 7) is 1.19. The smallest absolute Gasteiger partial charge is 0.300 e. The number of rotatable bonds is 4. The van der Waals surface area contributed by atoms with Crippen molar-refractivity contribution < 1.29 is 4.79 Å². The van der Waals surface area contributed by atoms with E-state index in [9.17, 15) is 4.79 Å². The summed E-state index contributed by atoms with van der Waals surface area (Å²) in [6.07, 6.45) is 11.1. The third kappa shape index (κ3) is 3.85. The van der Waals surface area contributed by atoms with Gasteiger partial charge in [-0.3, -0.25) is 4.79 Å². The lowest BCUT2D eigenvalue weighted by Crippen LogP contribution is -2.36. The number of hydrogen-bond acceptors (Lipinski definition) is 2. The van der Waals surface area contributed by atoms with E-state index in [1.54, 1.807) is 0 Å². The number of carbonyl (C=O) groups excluding carboxylic acids is 1. The quantitative estimate of drug-likeness (QED) is 0.853. The van der Waals surface area contributed by atoms with Crippen LogP contribution in [0.4, 0.5) is 5.69 Å². The van der Waals surface area contributed by atoms with E-state index in [-0.39, 0.29) is 5.91 Å². The highest BCUT2D eigenvalue weighted by Gasteiger charge is 2.18. The van der Waals surface area contributed by atoms with Crippen LogP contribution >= 0.6 is 0 Å². The van der Waals surface area contributed by atoms with E-state index in [0.29, 0.717) is 6.04 Å². The van der Waals surface area contributed by atoms with Crippen LogP contribution in [0.2, 0.25) is 0 Å². The monoisotopic (exact) mass is 270 g/mol. The standard InChI is InChI=1S/C17H22N2O/c1-3-17(20)18-16-10-5-4-8-14(16)11-12-15-9-6-7-13-19(15)2/h1,4-5,8,10,15H,6-7,9,11-13H2,2H3,(H,18,20). The number of benzene rings is 1. The first-order chi connectivity index (χ1) is 9.70. The number of terminal acetylenes is 1. The van der Waals surface area contributed by atoms with Gasteiger partial charge in [-0.25, -0.2) is 0 Å². The first-order valence-electron chi connectivity index (χ1n) is 7.26. The van der Waals surface area contributed by atoms with Crippen molar-refractivity contribution >= 4 is 11.6 Å². The number of hydrogen-bond donors (Lipinski definition) is 1. The number of nitrogens with one attached hydrogen (secondary N) is 1.